The van der Waals surface area contributed by atoms with Crippen molar-refractivity contribution in [2.45, 2.75) is 45.9 Å². The quantitative estimate of drug-likeness (QED) is 0.639. The maximum Gasteiger partial charge on any atom is 0.437 e. The molecule has 1 heterocycles. The van der Waals surface area contributed by atoms with Gasteiger partial charge in [-0.15, -0.1) is 0 Å². The molecule has 1 aromatic heterocycles. The number of pyridine rings is 1. The lowest BCUT2D eigenvalue weighted by atomic mass is 9.83. The Labute approximate surface area is 143 Å². The summed E-state index contributed by atoms with van der Waals surface area (Å²) >= 11 is 0. The number of carbonyl (C=O) groups is 2. The number of rotatable bonds is 5. The van der Waals surface area contributed by atoms with Crippen LogP contribution >= 0.6 is 0 Å². The molecule has 0 bridgehead atoms. The number of halogens is 3. The van der Waals surface area contributed by atoms with Crippen LogP contribution in [0.15, 0.2) is 12.3 Å². The lowest BCUT2D eigenvalue weighted by molar-refractivity contribution is -0.175. The second-order valence-electron chi connectivity index (χ2n) is 6.71. The second kappa shape index (κ2) is 6.89. The van der Waals surface area contributed by atoms with Crippen molar-refractivity contribution in [2.24, 2.45) is 5.41 Å². The summed E-state index contributed by atoms with van der Waals surface area (Å²) in [5.41, 5.74) is -4.03. The standard InChI is InChI=1S/C16H20F3NO5/c1-14(2,3)25-13(23)15(4,12(21)22)7-9-6-10(24-5)11(20-8-9)16(17,18)19/h6,8H,7H2,1-5H3,(H,21,22)/t15-/m0/s1. The third-order valence-corrected chi connectivity index (χ3v) is 3.28. The van der Waals surface area contributed by atoms with E-state index in [1.807, 2.05) is 0 Å². The first kappa shape index (κ1) is 20.7. The van der Waals surface area contributed by atoms with Crippen molar-refractivity contribution in [1.82, 2.24) is 4.98 Å². The van der Waals surface area contributed by atoms with Crippen LogP contribution in [-0.4, -0.2) is 34.7 Å². The Bertz CT molecular complexity index is 667. The van der Waals surface area contributed by atoms with E-state index in [9.17, 15) is 27.9 Å². The van der Waals surface area contributed by atoms with E-state index in [-0.39, 0.29) is 5.56 Å². The molecule has 0 fully saturated rings. The van der Waals surface area contributed by atoms with Crippen LogP contribution in [0.5, 0.6) is 5.75 Å². The molecule has 1 aromatic rings. The number of hydrogen-bond donors (Lipinski definition) is 1. The van der Waals surface area contributed by atoms with E-state index in [1.54, 1.807) is 20.8 Å². The minimum Gasteiger partial charge on any atom is -0.494 e. The number of methoxy groups -OCH3 is 1. The van der Waals surface area contributed by atoms with Crippen LogP contribution in [-0.2, 0) is 26.9 Å². The highest BCUT2D eigenvalue weighted by Crippen LogP contribution is 2.36. The summed E-state index contributed by atoms with van der Waals surface area (Å²) in [6, 6.07) is 1.02. The van der Waals surface area contributed by atoms with E-state index in [2.05, 4.69) is 9.72 Å². The largest absolute Gasteiger partial charge is 0.494 e. The monoisotopic (exact) mass is 363 g/mol. The van der Waals surface area contributed by atoms with E-state index >= 15 is 0 Å². The van der Waals surface area contributed by atoms with Gasteiger partial charge in [0.2, 0.25) is 0 Å². The molecule has 0 aliphatic heterocycles. The molecule has 0 saturated carbocycles. The minimum atomic E-state index is -4.72. The van der Waals surface area contributed by atoms with Gasteiger partial charge in [-0.1, -0.05) is 0 Å². The molecule has 6 nitrogen and oxygen atoms in total. The van der Waals surface area contributed by atoms with E-state index < -0.39 is 47.0 Å². The zero-order chi connectivity index (χ0) is 19.6. The fourth-order valence-corrected chi connectivity index (χ4v) is 1.98. The first-order chi connectivity index (χ1) is 11.2. The van der Waals surface area contributed by atoms with Crippen LogP contribution in [0.4, 0.5) is 13.2 Å². The van der Waals surface area contributed by atoms with Gasteiger partial charge in [0.1, 0.15) is 11.4 Å². The van der Waals surface area contributed by atoms with Crippen molar-refractivity contribution in [2.75, 3.05) is 7.11 Å². The van der Waals surface area contributed by atoms with Crippen molar-refractivity contribution in [3.63, 3.8) is 0 Å². The Morgan fingerprint density at radius 1 is 1.20 bits per heavy atom. The number of carbonyl (C=O) groups excluding carboxylic acids is 1. The average molecular weight is 363 g/mol. The topological polar surface area (TPSA) is 85.7 Å². The molecule has 0 aliphatic carbocycles. The zero-order valence-corrected chi connectivity index (χ0v) is 14.5. The van der Waals surface area contributed by atoms with E-state index in [4.69, 9.17) is 4.74 Å². The maximum absolute atomic E-state index is 12.8. The molecular weight excluding hydrogens is 343 g/mol. The summed E-state index contributed by atoms with van der Waals surface area (Å²) in [5.74, 6) is -3.01. The summed E-state index contributed by atoms with van der Waals surface area (Å²) in [4.78, 5) is 27.2. The second-order valence-corrected chi connectivity index (χ2v) is 6.71. The molecule has 0 aromatic carbocycles. The summed E-state index contributed by atoms with van der Waals surface area (Å²) < 4.78 is 48.3. The molecule has 0 amide bonds. The first-order valence-electron chi connectivity index (χ1n) is 7.27. The van der Waals surface area contributed by atoms with Gasteiger partial charge < -0.3 is 14.6 Å². The van der Waals surface area contributed by atoms with Gasteiger partial charge in [0.25, 0.3) is 0 Å². The zero-order valence-electron chi connectivity index (χ0n) is 14.5. The number of ether oxygens (including phenoxy) is 2. The van der Waals surface area contributed by atoms with Gasteiger partial charge in [0.05, 0.1) is 7.11 Å². The fraction of sp³-hybridized carbons (Fsp3) is 0.562. The summed E-state index contributed by atoms with van der Waals surface area (Å²) in [6.07, 6.45) is -4.25. The van der Waals surface area contributed by atoms with Crippen molar-refractivity contribution in [1.29, 1.82) is 0 Å². The summed E-state index contributed by atoms with van der Waals surface area (Å²) in [7, 11) is 1.04. The number of alkyl halides is 3. The molecular formula is C16H20F3NO5. The summed E-state index contributed by atoms with van der Waals surface area (Å²) in [5, 5.41) is 9.44. The smallest absolute Gasteiger partial charge is 0.437 e. The highest BCUT2D eigenvalue weighted by atomic mass is 19.4. The van der Waals surface area contributed by atoms with Gasteiger partial charge >= 0.3 is 18.1 Å². The van der Waals surface area contributed by atoms with Crippen molar-refractivity contribution >= 4 is 11.9 Å². The molecule has 0 radical (unpaired) electrons. The SMILES string of the molecule is COc1cc(C[C@@](C)(C(=O)O)C(=O)OC(C)(C)C)cnc1C(F)(F)F. The van der Waals surface area contributed by atoms with Gasteiger partial charge in [0.15, 0.2) is 11.1 Å². The van der Waals surface area contributed by atoms with Crippen LogP contribution in [0, 0.1) is 5.41 Å². The molecule has 9 heteroatoms. The number of carboxylic acids is 1. The van der Waals surface area contributed by atoms with E-state index in [0.717, 1.165) is 26.3 Å². The van der Waals surface area contributed by atoms with E-state index in [1.165, 1.54) is 0 Å². The Kier molecular flexibility index (Phi) is 5.71. The third-order valence-electron chi connectivity index (χ3n) is 3.28. The number of nitrogens with zero attached hydrogens (tertiary/aromatic N) is 1. The first-order valence-corrected chi connectivity index (χ1v) is 7.27. The van der Waals surface area contributed by atoms with Gasteiger partial charge in [-0.2, -0.15) is 13.2 Å². The Morgan fingerprint density at radius 2 is 1.76 bits per heavy atom. The normalized spacial score (nSPS) is 14.6. The Hall–Kier alpha value is -2.32. The minimum absolute atomic E-state index is 0.0978. The van der Waals surface area contributed by atoms with Crippen LogP contribution in [0.25, 0.3) is 0 Å². The van der Waals surface area contributed by atoms with E-state index in [0.29, 0.717) is 0 Å². The van der Waals surface area contributed by atoms with Crippen LogP contribution in [0.2, 0.25) is 0 Å². The van der Waals surface area contributed by atoms with Crippen molar-refractivity contribution in [3.8, 4) is 5.75 Å². The number of carboxylic acid groups (broad SMARTS) is 1. The molecule has 1 rings (SSSR count). The van der Waals surface area contributed by atoms with Crippen molar-refractivity contribution < 1.29 is 37.3 Å². The molecule has 1 atom stereocenters. The molecule has 0 unspecified atom stereocenters. The van der Waals surface area contributed by atoms with Crippen LogP contribution in [0.3, 0.4) is 0 Å². The molecule has 25 heavy (non-hydrogen) atoms. The number of esters is 1. The molecule has 140 valence electrons. The molecule has 0 spiro atoms. The predicted molar refractivity (Wildman–Crippen MR) is 81.1 cm³/mol. The molecule has 0 aliphatic rings. The lowest BCUT2D eigenvalue weighted by Gasteiger charge is -2.28. The van der Waals surface area contributed by atoms with Gasteiger partial charge in [-0.25, -0.2) is 4.98 Å². The van der Waals surface area contributed by atoms with Crippen molar-refractivity contribution in [3.05, 3.63) is 23.5 Å². The van der Waals surface area contributed by atoms with Gasteiger partial charge in [-0.05, 0) is 39.3 Å². The maximum atomic E-state index is 12.8. The Morgan fingerprint density at radius 3 is 2.16 bits per heavy atom. The number of hydrogen-bond acceptors (Lipinski definition) is 5. The molecule has 0 saturated heterocycles. The average Bonchev–Trinajstić information content (AvgIpc) is 2.43. The lowest BCUT2D eigenvalue weighted by Crippen LogP contribution is -2.43. The van der Waals surface area contributed by atoms with Gasteiger partial charge in [0, 0.05) is 12.6 Å². The highest BCUT2D eigenvalue weighted by molar-refractivity contribution is 5.99. The van der Waals surface area contributed by atoms with Gasteiger partial charge in [-0.3, -0.25) is 9.59 Å². The molecule has 1 N–H and O–H groups in total. The fourth-order valence-electron chi connectivity index (χ4n) is 1.98. The summed E-state index contributed by atoms with van der Waals surface area (Å²) in [6.45, 7) is 5.88. The van der Waals surface area contributed by atoms with Crippen LogP contribution in [0.1, 0.15) is 39.0 Å². The predicted octanol–water partition coefficient (Wildman–Crippen LogP) is 3.08. The Balaban J connectivity index is 3.23. The number of aromatic nitrogens is 1. The third kappa shape index (κ3) is 5.07. The number of aliphatic carboxylic acids is 1. The van der Waals surface area contributed by atoms with Crippen LogP contribution < -0.4 is 4.74 Å². The highest BCUT2D eigenvalue weighted by Gasteiger charge is 2.45.